The number of aryl methyl sites for hydroxylation is 4. The molecule has 0 bridgehead atoms. The maximum Gasteiger partial charge on any atom is 0.0159 e. The lowest BCUT2D eigenvalue weighted by molar-refractivity contribution is 0.660. The van der Waals surface area contributed by atoms with Crippen LogP contribution in [0, 0.1) is 27.7 Å². The molecule has 356 valence electrons. The van der Waals surface area contributed by atoms with Crippen LogP contribution in [0.2, 0.25) is 0 Å². The number of benzene rings is 10. The molecule has 0 heterocycles. The van der Waals surface area contributed by atoms with E-state index in [9.17, 15) is 0 Å². The first-order chi connectivity index (χ1) is 35.0. The van der Waals surface area contributed by atoms with Gasteiger partial charge in [-0.3, -0.25) is 0 Å². The molecule has 0 spiro atoms. The molecule has 0 radical (unpaired) electrons. The normalized spacial score (nSPS) is 14.5. The van der Waals surface area contributed by atoms with Gasteiger partial charge in [-0.15, -0.1) is 0 Å². The maximum atomic E-state index is 2.45. The van der Waals surface area contributed by atoms with E-state index in [1.54, 1.807) is 0 Å². The number of rotatable bonds is 5. The average molecular weight is 941 g/mol. The van der Waals surface area contributed by atoms with E-state index < -0.39 is 0 Å². The predicted molar refractivity (Wildman–Crippen MR) is 312 cm³/mol. The fourth-order valence-electron chi connectivity index (χ4n) is 12.6. The molecule has 0 amide bonds. The van der Waals surface area contributed by atoms with Gasteiger partial charge in [0.25, 0.3) is 0 Å². The lowest BCUT2D eigenvalue weighted by Crippen LogP contribution is -2.15. The fraction of sp³-hybridized carbons (Fsp3) is 0.178. The number of fused-ring (bicyclic) bond motifs is 9. The second-order valence-electron chi connectivity index (χ2n) is 22.9. The van der Waals surface area contributed by atoms with E-state index in [1.807, 2.05) is 0 Å². The van der Waals surface area contributed by atoms with E-state index in [4.69, 9.17) is 0 Å². The smallest absolute Gasteiger partial charge is 0.0159 e. The Balaban J connectivity index is 0.000000162. The van der Waals surface area contributed by atoms with Crippen LogP contribution in [0.3, 0.4) is 0 Å². The summed E-state index contributed by atoms with van der Waals surface area (Å²) in [5, 5.41) is 0. The molecule has 73 heavy (non-hydrogen) atoms. The molecule has 0 saturated carbocycles. The van der Waals surface area contributed by atoms with Crippen LogP contribution in [0.15, 0.2) is 206 Å². The Hall–Kier alpha value is -7.80. The molecule has 3 aliphatic carbocycles. The highest BCUT2D eigenvalue weighted by Crippen LogP contribution is 2.54. The van der Waals surface area contributed by atoms with E-state index in [0.717, 1.165) is 0 Å². The molecule has 0 N–H and O–H groups in total. The van der Waals surface area contributed by atoms with Gasteiger partial charge in [0.2, 0.25) is 0 Å². The topological polar surface area (TPSA) is 0 Å². The van der Waals surface area contributed by atoms with Crippen LogP contribution in [0.1, 0.15) is 97.2 Å². The molecule has 0 aromatic heterocycles. The summed E-state index contributed by atoms with van der Waals surface area (Å²) in [7, 11) is 0. The molecular weight excluding hydrogens is 877 g/mol. The third-order valence-electron chi connectivity index (χ3n) is 16.8. The van der Waals surface area contributed by atoms with Gasteiger partial charge < -0.3 is 0 Å². The van der Waals surface area contributed by atoms with Gasteiger partial charge in [-0.1, -0.05) is 234 Å². The first-order valence-electron chi connectivity index (χ1n) is 26.2. The Morgan fingerprint density at radius 3 is 0.521 bits per heavy atom. The zero-order valence-corrected chi connectivity index (χ0v) is 44.1. The Kier molecular flexibility index (Phi) is 10.9. The minimum Gasteiger partial charge on any atom is -0.0614 e. The fourth-order valence-corrected chi connectivity index (χ4v) is 12.6. The zero-order chi connectivity index (χ0) is 50.6. The molecule has 0 heteroatoms. The molecule has 10 aromatic rings. The van der Waals surface area contributed by atoms with Gasteiger partial charge in [-0.05, 0) is 186 Å². The van der Waals surface area contributed by atoms with Gasteiger partial charge in [-0.25, -0.2) is 0 Å². The molecule has 0 unspecified atom stereocenters. The molecule has 10 aromatic carbocycles. The molecule has 0 nitrogen and oxygen atoms in total. The SMILES string of the molecule is Cc1cccc(-c2ccc3c(c2)C(C)(C)c2cc(-c4ccc5c(c4)C(C)(C)c4cc(-c6cccc(C)c6)ccc4-5)ccc2-3)c1.Cc1cccc(-c2ccc3c(c2)C(C)(C)c2cc(-c4cccc(C)c4)ccc2-3)c1. The van der Waals surface area contributed by atoms with Crippen LogP contribution in [-0.2, 0) is 16.2 Å². The predicted octanol–water partition coefficient (Wildman–Crippen LogP) is 19.9. The van der Waals surface area contributed by atoms with E-state index in [2.05, 4.69) is 275 Å². The maximum absolute atomic E-state index is 2.45. The van der Waals surface area contributed by atoms with E-state index in [1.165, 1.54) is 145 Å². The molecule has 0 fully saturated rings. The van der Waals surface area contributed by atoms with Crippen molar-refractivity contribution >= 4 is 0 Å². The minimum atomic E-state index is -0.0705. The summed E-state index contributed by atoms with van der Waals surface area (Å²) in [6, 6.07) is 77.5. The first-order valence-corrected chi connectivity index (χ1v) is 26.2. The Labute approximate surface area is 434 Å². The van der Waals surface area contributed by atoms with E-state index in [-0.39, 0.29) is 16.2 Å². The highest BCUT2D eigenvalue weighted by atomic mass is 14.4. The van der Waals surface area contributed by atoms with Crippen molar-refractivity contribution in [1.82, 2.24) is 0 Å². The minimum absolute atomic E-state index is 0.00959. The summed E-state index contributed by atoms with van der Waals surface area (Å²) in [4.78, 5) is 0. The monoisotopic (exact) mass is 941 g/mol. The highest BCUT2D eigenvalue weighted by Gasteiger charge is 2.39. The van der Waals surface area contributed by atoms with Crippen LogP contribution in [0.5, 0.6) is 0 Å². The van der Waals surface area contributed by atoms with Crippen LogP contribution in [0.25, 0.3) is 89.0 Å². The molecule has 13 rings (SSSR count). The summed E-state index contributed by atoms with van der Waals surface area (Å²) in [6.07, 6.45) is 0. The second-order valence-corrected chi connectivity index (χ2v) is 22.9. The van der Waals surface area contributed by atoms with Crippen LogP contribution in [-0.4, -0.2) is 0 Å². The third-order valence-corrected chi connectivity index (χ3v) is 16.8. The van der Waals surface area contributed by atoms with Crippen LogP contribution in [0.4, 0.5) is 0 Å². The lowest BCUT2D eigenvalue weighted by atomic mass is 9.79. The summed E-state index contributed by atoms with van der Waals surface area (Å²) in [5.74, 6) is 0. The molecule has 0 aliphatic heterocycles. The standard InChI is InChI=1S/C44H38.C29H26/c1-27-9-7-11-29(21-27)31-13-17-35-37-19-15-33(25-41(37)43(3,4)39(35)23-31)34-16-20-38-36-18-14-32(30-12-8-10-28(2)22-30)24-40(36)44(5,6)42(38)26-34;1-19-7-5-9-21(15-19)23-11-13-25-26-14-12-24(22-10-6-8-20(2)16-22)18-28(26)29(3,4)27(25)17-23/h7-26H,1-6H3;5-18H,1-4H3. The van der Waals surface area contributed by atoms with Crippen LogP contribution < -0.4 is 0 Å². The van der Waals surface area contributed by atoms with Crippen molar-refractivity contribution in [1.29, 1.82) is 0 Å². The van der Waals surface area contributed by atoms with Crippen LogP contribution >= 0.6 is 0 Å². The Morgan fingerprint density at radius 2 is 0.356 bits per heavy atom. The summed E-state index contributed by atoms with van der Waals surface area (Å²) >= 11 is 0. The molecule has 0 saturated heterocycles. The van der Waals surface area contributed by atoms with Crippen molar-refractivity contribution in [2.24, 2.45) is 0 Å². The quantitative estimate of drug-likeness (QED) is 0.161. The summed E-state index contributed by atoms with van der Waals surface area (Å²) < 4.78 is 0. The third kappa shape index (κ3) is 7.82. The van der Waals surface area contributed by atoms with Gasteiger partial charge in [0.15, 0.2) is 0 Å². The first kappa shape index (κ1) is 46.3. The Bertz CT molecular complexity index is 3610. The van der Waals surface area contributed by atoms with E-state index in [0.29, 0.717) is 0 Å². The average Bonchev–Trinajstić information content (AvgIpc) is 3.87. The van der Waals surface area contributed by atoms with Gasteiger partial charge in [-0.2, -0.15) is 0 Å². The molecular formula is C73H64. The van der Waals surface area contributed by atoms with Gasteiger partial charge >= 0.3 is 0 Å². The van der Waals surface area contributed by atoms with Crippen molar-refractivity contribution in [3.8, 4) is 89.0 Å². The van der Waals surface area contributed by atoms with Gasteiger partial charge in [0.1, 0.15) is 0 Å². The molecule has 0 atom stereocenters. The number of hydrogen-bond donors (Lipinski definition) is 0. The second kappa shape index (κ2) is 17.2. The molecule has 3 aliphatic rings. The van der Waals surface area contributed by atoms with Crippen molar-refractivity contribution < 1.29 is 0 Å². The number of hydrogen-bond acceptors (Lipinski definition) is 0. The Morgan fingerprint density at radius 1 is 0.192 bits per heavy atom. The van der Waals surface area contributed by atoms with Crippen molar-refractivity contribution in [3.63, 3.8) is 0 Å². The summed E-state index contributed by atoms with van der Waals surface area (Å²) in [6.45, 7) is 22.9. The van der Waals surface area contributed by atoms with E-state index >= 15 is 0 Å². The highest BCUT2D eigenvalue weighted by molar-refractivity contribution is 5.90. The van der Waals surface area contributed by atoms with Gasteiger partial charge in [0.05, 0.1) is 0 Å². The van der Waals surface area contributed by atoms with Gasteiger partial charge in [0, 0.05) is 16.2 Å². The van der Waals surface area contributed by atoms with Crippen molar-refractivity contribution in [2.75, 3.05) is 0 Å². The largest absolute Gasteiger partial charge is 0.0614 e. The van der Waals surface area contributed by atoms with Crippen molar-refractivity contribution in [2.45, 2.75) is 85.5 Å². The lowest BCUT2D eigenvalue weighted by Gasteiger charge is -2.24. The zero-order valence-electron chi connectivity index (χ0n) is 44.1. The van der Waals surface area contributed by atoms with Crippen molar-refractivity contribution in [3.05, 3.63) is 262 Å². The summed E-state index contributed by atoms with van der Waals surface area (Å²) in [5.41, 5.74) is 34.7.